The van der Waals surface area contributed by atoms with Gasteiger partial charge in [0.2, 0.25) is 0 Å². The van der Waals surface area contributed by atoms with Crippen molar-refractivity contribution in [2.24, 2.45) is 0 Å². The summed E-state index contributed by atoms with van der Waals surface area (Å²) in [4.78, 5) is 19.1. The third-order valence-electron chi connectivity index (χ3n) is 4.37. The Bertz CT molecular complexity index is 707. The van der Waals surface area contributed by atoms with Gasteiger partial charge in [0.1, 0.15) is 5.69 Å². The highest BCUT2D eigenvalue weighted by Crippen LogP contribution is 2.21. The molecule has 0 unspecified atom stereocenters. The molecular formula is C19H22BrN3O. The minimum atomic E-state index is -0.181. The maximum absolute atomic E-state index is 12.4. The van der Waals surface area contributed by atoms with E-state index in [-0.39, 0.29) is 5.91 Å². The summed E-state index contributed by atoms with van der Waals surface area (Å²) >= 11 is 3.46. The van der Waals surface area contributed by atoms with Crippen molar-refractivity contribution in [2.45, 2.75) is 32.6 Å². The van der Waals surface area contributed by atoms with Gasteiger partial charge in [0.05, 0.1) is 11.9 Å². The second-order valence-electron chi connectivity index (χ2n) is 6.22. The smallest absolute Gasteiger partial charge is 0.274 e. The van der Waals surface area contributed by atoms with E-state index in [1.54, 1.807) is 6.07 Å². The lowest BCUT2D eigenvalue weighted by molar-refractivity contribution is 0.102. The molecule has 2 aromatic rings. The lowest BCUT2D eigenvalue weighted by atomic mass is 10.2. The van der Waals surface area contributed by atoms with Crippen LogP contribution in [0.3, 0.4) is 0 Å². The first-order chi connectivity index (χ1) is 11.6. The molecule has 1 amide bonds. The molecule has 0 spiro atoms. The number of halogens is 1. The number of nitrogens with one attached hydrogen (secondary N) is 1. The van der Waals surface area contributed by atoms with Crippen molar-refractivity contribution in [3.8, 4) is 0 Å². The van der Waals surface area contributed by atoms with E-state index in [2.05, 4.69) is 31.1 Å². The number of carbonyl (C=O) groups excluding carboxylic acids is 1. The van der Waals surface area contributed by atoms with Gasteiger partial charge in [-0.1, -0.05) is 28.8 Å². The lowest BCUT2D eigenvalue weighted by Gasteiger charge is -2.22. The Morgan fingerprint density at radius 1 is 1.12 bits per heavy atom. The van der Waals surface area contributed by atoms with E-state index >= 15 is 0 Å². The molecule has 0 aliphatic carbocycles. The van der Waals surface area contributed by atoms with Crippen LogP contribution in [0.1, 0.15) is 41.7 Å². The fourth-order valence-corrected chi connectivity index (χ4v) is 3.20. The Morgan fingerprint density at radius 3 is 2.50 bits per heavy atom. The third kappa shape index (κ3) is 4.15. The van der Waals surface area contributed by atoms with E-state index in [0.29, 0.717) is 5.69 Å². The molecule has 1 aliphatic heterocycles. The van der Waals surface area contributed by atoms with Crippen LogP contribution in [-0.2, 0) is 0 Å². The molecule has 24 heavy (non-hydrogen) atoms. The van der Waals surface area contributed by atoms with Crippen LogP contribution in [0.2, 0.25) is 0 Å². The van der Waals surface area contributed by atoms with Crippen molar-refractivity contribution in [3.05, 3.63) is 52.3 Å². The molecule has 2 heterocycles. The number of nitrogens with zero attached hydrogens (tertiary/aromatic N) is 2. The molecule has 1 aliphatic rings. The number of anilines is 2. The number of aromatic nitrogens is 1. The number of hydrogen-bond donors (Lipinski definition) is 1. The molecule has 0 radical (unpaired) electrons. The standard InChI is InChI=1S/C19H22BrN3O/c1-14-12-15(6-8-17(14)20)22-19(24)18-9-7-16(13-21-18)23-10-4-2-3-5-11-23/h6-9,12-13H,2-5,10-11H2,1H3,(H,22,24). The molecule has 1 fully saturated rings. The van der Waals surface area contributed by atoms with Crippen LogP contribution in [0.5, 0.6) is 0 Å². The third-order valence-corrected chi connectivity index (χ3v) is 5.26. The van der Waals surface area contributed by atoms with Gasteiger partial charge in [-0.05, 0) is 55.7 Å². The van der Waals surface area contributed by atoms with Gasteiger partial charge < -0.3 is 10.2 Å². The normalized spacial score (nSPS) is 15.0. The summed E-state index contributed by atoms with van der Waals surface area (Å²) in [5, 5.41) is 2.90. The van der Waals surface area contributed by atoms with Crippen molar-refractivity contribution in [2.75, 3.05) is 23.3 Å². The lowest BCUT2D eigenvalue weighted by Crippen LogP contribution is -2.24. The minimum absolute atomic E-state index is 0.181. The molecule has 5 heteroatoms. The van der Waals surface area contributed by atoms with Crippen molar-refractivity contribution in [1.29, 1.82) is 0 Å². The molecule has 126 valence electrons. The number of benzene rings is 1. The van der Waals surface area contributed by atoms with E-state index < -0.39 is 0 Å². The van der Waals surface area contributed by atoms with Crippen molar-refractivity contribution < 1.29 is 4.79 Å². The van der Waals surface area contributed by atoms with Crippen molar-refractivity contribution in [1.82, 2.24) is 4.98 Å². The van der Waals surface area contributed by atoms with E-state index in [4.69, 9.17) is 0 Å². The summed E-state index contributed by atoms with van der Waals surface area (Å²) in [5.41, 5.74) is 3.40. The Labute approximate surface area is 151 Å². The van der Waals surface area contributed by atoms with Crippen molar-refractivity contribution >= 4 is 33.2 Å². The summed E-state index contributed by atoms with van der Waals surface area (Å²) in [5.74, 6) is -0.181. The Hall–Kier alpha value is -1.88. The molecule has 1 aromatic heterocycles. The Balaban J connectivity index is 1.68. The molecule has 0 atom stereocenters. The van der Waals surface area contributed by atoms with Gasteiger partial charge in [-0.25, -0.2) is 4.98 Å². The fourth-order valence-electron chi connectivity index (χ4n) is 2.95. The van der Waals surface area contributed by atoms with Gasteiger partial charge in [0.25, 0.3) is 5.91 Å². The maximum Gasteiger partial charge on any atom is 0.274 e. The monoisotopic (exact) mass is 387 g/mol. The molecular weight excluding hydrogens is 366 g/mol. The van der Waals surface area contributed by atoms with E-state index in [1.165, 1.54) is 25.7 Å². The Morgan fingerprint density at radius 2 is 1.88 bits per heavy atom. The van der Waals surface area contributed by atoms with Gasteiger partial charge in [-0.3, -0.25) is 4.79 Å². The number of hydrogen-bond acceptors (Lipinski definition) is 3. The zero-order valence-corrected chi connectivity index (χ0v) is 15.5. The number of aryl methyl sites for hydroxylation is 1. The van der Waals surface area contributed by atoms with Gasteiger partial charge in [-0.2, -0.15) is 0 Å². The summed E-state index contributed by atoms with van der Waals surface area (Å²) in [7, 11) is 0. The first-order valence-electron chi connectivity index (χ1n) is 8.42. The Kier molecular flexibility index (Phi) is 5.51. The van der Waals surface area contributed by atoms with Crippen LogP contribution in [0.4, 0.5) is 11.4 Å². The summed E-state index contributed by atoms with van der Waals surface area (Å²) < 4.78 is 1.03. The zero-order chi connectivity index (χ0) is 16.9. The summed E-state index contributed by atoms with van der Waals surface area (Å²) in [6, 6.07) is 9.55. The molecule has 0 saturated carbocycles. The zero-order valence-electron chi connectivity index (χ0n) is 13.9. The van der Waals surface area contributed by atoms with Crippen LogP contribution in [0.15, 0.2) is 41.0 Å². The average molecular weight is 388 g/mol. The van der Waals surface area contributed by atoms with Crippen LogP contribution in [0, 0.1) is 6.92 Å². The first kappa shape index (κ1) is 17.0. The summed E-state index contributed by atoms with van der Waals surface area (Å²) in [6.45, 7) is 4.14. The van der Waals surface area contributed by atoms with E-state index in [9.17, 15) is 4.79 Å². The van der Waals surface area contributed by atoms with Crippen molar-refractivity contribution in [3.63, 3.8) is 0 Å². The van der Waals surface area contributed by atoms with E-state index in [0.717, 1.165) is 34.5 Å². The van der Waals surface area contributed by atoms with Gasteiger partial charge in [0.15, 0.2) is 0 Å². The number of pyridine rings is 1. The molecule has 1 N–H and O–H groups in total. The predicted molar refractivity (Wildman–Crippen MR) is 102 cm³/mol. The minimum Gasteiger partial charge on any atom is -0.370 e. The first-order valence-corrected chi connectivity index (χ1v) is 9.21. The quantitative estimate of drug-likeness (QED) is 0.823. The van der Waals surface area contributed by atoms with Crippen LogP contribution in [-0.4, -0.2) is 24.0 Å². The molecule has 0 bridgehead atoms. The SMILES string of the molecule is Cc1cc(NC(=O)c2ccc(N3CCCCCC3)cn2)ccc1Br. The van der Waals surface area contributed by atoms with Crippen LogP contribution < -0.4 is 10.2 Å². The second kappa shape index (κ2) is 7.79. The van der Waals surface area contributed by atoms with Crippen LogP contribution >= 0.6 is 15.9 Å². The fraction of sp³-hybridized carbons (Fsp3) is 0.368. The molecule has 4 nitrogen and oxygen atoms in total. The second-order valence-corrected chi connectivity index (χ2v) is 7.08. The highest BCUT2D eigenvalue weighted by atomic mass is 79.9. The van der Waals surface area contributed by atoms with Gasteiger partial charge in [-0.15, -0.1) is 0 Å². The molecule has 1 saturated heterocycles. The largest absolute Gasteiger partial charge is 0.370 e. The van der Waals surface area contributed by atoms with Gasteiger partial charge >= 0.3 is 0 Å². The maximum atomic E-state index is 12.4. The number of carbonyl (C=O) groups is 1. The molecule has 1 aromatic carbocycles. The predicted octanol–water partition coefficient (Wildman–Crippen LogP) is 4.79. The molecule has 3 rings (SSSR count). The number of rotatable bonds is 3. The van der Waals surface area contributed by atoms with Gasteiger partial charge in [0, 0.05) is 23.2 Å². The number of amides is 1. The summed E-state index contributed by atoms with van der Waals surface area (Å²) in [6.07, 6.45) is 6.87. The highest BCUT2D eigenvalue weighted by Gasteiger charge is 2.12. The highest BCUT2D eigenvalue weighted by molar-refractivity contribution is 9.10. The average Bonchev–Trinajstić information content (AvgIpc) is 2.88. The van der Waals surface area contributed by atoms with Crippen LogP contribution in [0.25, 0.3) is 0 Å². The topological polar surface area (TPSA) is 45.2 Å². The van der Waals surface area contributed by atoms with E-state index in [1.807, 2.05) is 37.4 Å².